The molecule has 1 amide bonds. The molecule has 1 saturated heterocycles. The van der Waals surface area contributed by atoms with Gasteiger partial charge in [0.25, 0.3) is 0 Å². The fourth-order valence-corrected chi connectivity index (χ4v) is 4.05. The van der Waals surface area contributed by atoms with Crippen LogP contribution in [0.2, 0.25) is 0 Å². The van der Waals surface area contributed by atoms with Gasteiger partial charge in [0.05, 0.1) is 10.9 Å². The van der Waals surface area contributed by atoms with Crippen molar-refractivity contribution < 1.29 is 4.79 Å². The molecule has 1 N–H and O–H groups in total. The topological polar surface area (TPSA) is 61.4 Å². The summed E-state index contributed by atoms with van der Waals surface area (Å²) in [5.41, 5.74) is 4.54. The highest BCUT2D eigenvalue weighted by Gasteiger charge is 2.17. The molecule has 2 aromatic heterocycles. The maximum Gasteiger partial charge on any atom is 0.209 e. The summed E-state index contributed by atoms with van der Waals surface area (Å²) >= 11 is 1.63. The van der Waals surface area contributed by atoms with Crippen molar-refractivity contribution in [2.75, 3.05) is 31.5 Å². The first-order chi connectivity index (χ1) is 12.7. The zero-order chi connectivity index (χ0) is 17.9. The molecule has 0 atom stereocenters. The number of aromatic nitrogens is 2. The van der Waals surface area contributed by atoms with Crippen LogP contribution in [0.15, 0.2) is 36.7 Å². The first-order valence-corrected chi connectivity index (χ1v) is 9.52. The lowest BCUT2D eigenvalue weighted by molar-refractivity contribution is -0.119. The number of fused-ring (bicyclic) bond motifs is 1. The number of nitrogens with one attached hydrogen (secondary N) is 1. The van der Waals surface area contributed by atoms with Gasteiger partial charge >= 0.3 is 0 Å². The molecule has 1 aromatic carbocycles. The molecule has 7 heteroatoms. The third-order valence-corrected chi connectivity index (χ3v) is 5.78. The van der Waals surface area contributed by atoms with Gasteiger partial charge in [-0.05, 0) is 30.2 Å². The Morgan fingerprint density at radius 2 is 2.08 bits per heavy atom. The number of hydrogen-bond donors (Lipinski definition) is 1. The van der Waals surface area contributed by atoms with Crippen molar-refractivity contribution in [1.82, 2.24) is 19.8 Å². The van der Waals surface area contributed by atoms with Crippen LogP contribution < -0.4 is 5.32 Å². The Labute approximate surface area is 156 Å². The van der Waals surface area contributed by atoms with Crippen LogP contribution in [0.1, 0.15) is 11.1 Å². The number of piperazine rings is 1. The average Bonchev–Trinajstić information content (AvgIpc) is 3.08. The van der Waals surface area contributed by atoms with Crippen LogP contribution in [-0.2, 0) is 11.3 Å². The third kappa shape index (κ3) is 3.54. The van der Waals surface area contributed by atoms with E-state index in [0.717, 1.165) is 60.2 Å². The van der Waals surface area contributed by atoms with Crippen molar-refractivity contribution >= 4 is 38.8 Å². The van der Waals surface area contributed by atoms with Gasteiger partial charge in [0.2, 0.25) is 6.41 Å². The van der Waals surface area contributed by atoms with E-state index in [1.54, 1.807) is 23.7 Å². The monoisotopic (exact) mass is 367 g/mol. The Hall–Kier alpha value is -2.51. The van der Waals surface area contributed by atoms with E-state index < -0.39 is 0 Å². The van der Waals surface area contributed by atoms with Crippen molar-refractivity contribution in [3.05, 3.63) is 47.8 Å². The SMILES string of the molecule is Cc1c(CN2CCN(C=O)CC2)cccc1Nc1nc2cnccc2s1. The molecule has 0 spiro atoms. The first-order valence-electron chi connectivity index (χ1n) is 8.71. The van der Waals surface area contributed by atoms with Crippen LogP contribution in [0.4, 0.5) is 10.8 Å². The molecule has 3 heterocycles. The van der Waals surface area contributed by atoms with Gasteiger partial charge in [0.1, 0.15) is 5.52 Å². The molecule has 0 bridgehead atoms. The van der Waals surface area contributed by atoms with Gasteiger partial charge in [-0.3, -0.25) is 14.7 Å². The summed E-state index contributed by atoms with van der Waals surface area (Å²) in [6.07, 6.45) is 4.53. The van der Waals surface area contributed by atoms with Crippen LogP contribution in [0.5, 0.6) is 0 Å². The summed E-state index contributed by atoms with van der Waals surface area (Å²) in [5.74, 6) is 0. The molecule has 4 rings (SSSR count). The summed E-state index contributed by atoms with van der Waals surface area (Å²) in [6, 6.07) is 8.34. The molecule has 1 fully saturated rings. The van der Waals surface area contributed by atoms with E-state index in [9.17, 15) is 4.79 Å². The summed E-state index contributed by atoms with van der Waals surface area (Å²) in [4.78, 5) is 23.8. The van der Waals surface area contributed by atoms with Crippen LogP contribution >= 0.6 is 11.3 Å². The number of carbonyl (C=O) groups excluding carboxylic acids is 1. The highest BCUT2D eigenvalue weighted by atomic mass is 32.1. The molecule has 3 aromatic rings. The second-order valence-electron chi connectivity index (χ2n) is 6.49. The van der Waals surface area contributed by atoms with Gasteiger partial charge in [0.15, 0.2) is 5.13 Å². The number of pyridine rings is 1. The summed E-state index contributed by atoms with van der Waals surface area (Å²) in [5, 5.41) is 4.34. The normalized spacial score (nSPS) is 15.3. The van der Waals surface area contributed by atoms with Crippen LogP contribution in [0.25, 0.3) is 10.2 Å². The molecule has 0 unspecified atom stereocenters. The first kappa shape index (κ1) is 16.9. The fraction of sp³-hybridized carbons (Fsp3) is 0.316. The zero-order valence-corrected chi connectivity index (χ0v) is 15.5. The van der Waals surface area contributed by atoms with Gasteiger partial charge < -0.3 is 10.2 Å². The molecule has 0 radical (unpaired) electrons. The van der Waals surface area contributed by atoms with Crippen LogP contribution in [-0.4, -0.2) is 52.4 Å². The fourth-order valence-electron chi connectivity index (χ4n) is 3.21. The second-order valence-corrected chi connectivity index (χ2v) is 7.53. The number of rotatable bonds is 5. The van der Waals surface area contributed by atoms with E-state index in [1.165, 1.54) is 11.1 Å². The zero-order valence-electron chi connectivity index (χ0n) is 14.7. The van der Waals surface area contributed by atoms with Gasteiger partial charge in [-0.25, -0.2) is 4.98 Å². The van der Waals surface area contributed by atoms with Gasteiger partial charge in [-0.15, -0.1) is 0 Å². The molecule has 134 valence electrons. The van der Waals surface area contributed by atoms with Crippen molar-refractivity contribution in [2.45, 2.75) is 13.5 Å². The van der Waals surface area contributed by atoms with E-state index in [0.29, 0.717) is 0 Å². The largest absolute Gasteiger partial charge is 0.343 e. The smallest absolute Gasteiger partial charge is 0.209 e. The Balaban J connectivity index is 1.49. The predicted octanol–water partition coefficient (Wildman–Crippen LogP) is 3.02. The van der Waals surface area contributed by atoms with Crippen LogP contribution in [0.3, 0.4) is 0 Å². The molecule has 1 aliphatic rings. The number of thiazole rings is 1. The number of benzene rings is 1. The molecule has 26 heavy (non-hydrogen) atoms. The average molecular weight is 367 g/mol. The standard InChI is InChI=1S/C19H21N5OS/c1-14-15(12-23-7-9-24(13-25)10-8-23)3-2-4-16(14)21-19-22-17-11-20-6-5-18(17)26-19/h2-6,11,13H,7-10,12H2,1H3,(H,21,22). The molecule has 1 aliphatic heterocycles. The molecular weight excluding hydrogens is 346 g/mol. The Morgan fingerprint density at radius 3 is 2.85 bits per heavy atom. The Bertz CT molecular complexity index is 884. The number of carbonyl (C=O) groups is 1. The lowest BCUT2D eigenvalue weighted by atomic mass is 10.1. The second kappa shape index (κ2) is 7.39. The van der Waals surface area contributed by atoms with E-state index >= 15 is 0 Å². The lowest BCUT2D eigenvalue weighted by Crippen LogP contribution is -2.45. The molecule has 6 nitrogen and oxygen atoms in total. The van der Waals surface area contributed by atoms with Crippen molar-refractivity contribution in [1.29, 1.82) is 0 Å². The highest BCUT2D eigenvalue weighted by molar-refractivity contribution is 7.22. The number of amides is 1. The Morgan fingerprint density at radius 1 is 1.23 bits per heavy atom. The minimum atomic E-state index is 0.806. The van der Waals surface area contributed by atoms with E-state index in [2.05, 4.69) is 45.3 Å². The third-order valence-electron chi connectivity index (χ3n) is 4.83. The van der Waals surface area contributed by atoms with Crippen molar-refractivity contribution in [2.24, 2.45) is 0 Å². The number of anilines is 2. The van der Waals surface area contributed by atoms with E-state index in [4.69, 9.17) is 0 Å². The quantitative estimate of drug-likeness (QED) is 0.703. The van der Waals surface area contributed by atoms with E-state index in [-0.39, 0.29) is 0 Å². The van der Waals surface area contributed by atoms with Gasteiger partial charge in [-0.1, -0.05) is 23.5 Å². The van der Waals surface area contributed by atoms with Gasteiger partial charge in [0, 0.05) is 44.6 Å². The number of nitrogens with zero attached hydrogens (tertiary/aromatic N) is 4. The summed E-state index contributed by atoms with van der Waals surface area (Å²) in [6.45, 7) is 6.49. The predicted molar refractivity (Wildman–Crippen MR) is 105 cm³/mol. The van der Waals surface area contributed by atoms with Gasteiger partial charge in [-0.2, -0.15) is 0 Å². The van der Waals surface area contributed by atoms with Crippen molar-refractivity contribution in [3.63, 3.8) is 0 Å². The van der Waals surface area contributed by atoms with E-state index in [1.807, 2.05) is 11.0 Å². The molecule has 0 aliphatic carbocycles. The minimum Gasteiger partial charge on any atom is -0.343 e. The summed E-state index contributed by atoms with van der Waals surface area (Å²) in [7, 11) is 0. The highest BCUT2D eigenvalue weighted by Crippen LogP contribution is 2.30. The maximum atomic E-state index is 10.9. The molecular formula is C19H21N5OS. The molecule has 0 saturated carbocycles. The summed E-state index contributed by atoms with van der Waals surface area (Å²) < 4.78 is 1.13. The number of hydrogen-bond acceptors (Lipinski definition) is 6. The van der Waals surface area contributed by atoms with Crippen molar-refractivity contribution in [3.8, 4) is 0 Å². The Kier molecular flexibility index (Phi) is 4.81. The minimum absolute atomic E-state index is 0.806. The maximum absolute atomic E-state index is 10.9. The lowest BCUT2D eigenvalue weighted by Gasteiger charge is -2.32. The van der Waals surface area contributed by atoms with Crippen LogP contribution in [0, 0.1) is 6.92 Å².